The van der Waals surface area contributed by atoms with Crippen LogP contribution in [0.25, 0.3) is 10.8 Å². The SMILES string of the molecule is COc1ccc(C(=O)Nc2ccccc2)cc1N=Nc1c(O)c(C(C)=O)cc2ccccc12. The van der Waals surface area contributed by atoms with E-state index < -0.39 is 0 Å². The van der Waals surface area contributed by atoms with Gasteiger partial charge in [-0.1, -0.05) is 42.5 Å². The molecule has 1 amide bonds. The summed E-state index contributed by atoms with van der Waals surface area (Å²) in [5, 5.41) is 23.4. The van der Waals surface area contributed by atoms with Crippen LogP contribution in [0.3, 0.4) is 0 Å². The summed E-state index contributed by atoms with van der Waals surface area (Å²) in [6.07, 6.45) is 0. The van der Waals surface area contributed by atoms with Gasteiger partial charge in [0.25, 0.3) is 5.91 Å². The lowest BCUT2D eigenvalue weighted by atomic mass is 10.0. The largest absolute Gasteiger partial charge is 0.505 e. The minimum absolute atomic E-state index is 0.158. The third-order valence-corrected chi connectivity index (χ3v) is 5.10. The number of amides is 1. The summed E-state index contributed by atoms with van der Waals surface area (Å²) >= 11 is 0. The van der Waals surface area contributed by atoms with E-state index in [2.05, 4.69) is 15.5 Å². The van der Waals surface area contributed by atoms with E-state index in [9.17, 15) is 14.7 Å². The molecule has 0 saturated carbocycles. The Kier molecular flexibility index (Phi) is 6.13. The maximum absolute atomic E-state index is 12.7. The topological polar surface area (TPSA) is 100 Å². The van der Waals surface area contributed by atoms with Crippen LogP contribution in [0.2, 0.25) is 0 Å². The molecule has 0 aromatic heterocycles. The van der Waals surface area contributed by atoms with Crippen molar-refractivity contribution >= 4 is 39.5 Å². The summed E-state index contributed by atoms with van der Waals surface area (Å²) in [6, 6.07) is 22.8. The van der Waals surface area contributed by atoms with Gasteiger partial charge in [0.05, 0.1) is 12.7 Å². The summed E-state index contributed by atoms with van der Waals surface area (Å²) in [6.45, 7) is 1.38. The number of phenolic OH excluding ortho intramolecular Hbond substituents is 1. The van der Waals surface area contributed by atoms with Crippen molar-refractivity contribution in [2.45, 2.75) is 6.92 Å². The van der Waals surface area contributed by atoms with Crippen LogP contribution < -0.4 is 10.1 Å². The zero-order valence-electron chi connectivity index (χ0n) is 18.1. The fourth-order valence-electron chi connectivity index (χ4n) is 3.43. The van der Waals surface area contributed by atoms with Crippen molar-refractivity contribution in [3.8, 4) is 11.5 Å². The van der Waals surface area contributed by atoms with Gasteiger partial charge in [-0.2, -0.15) is 0 Å². The maximum atomic E-state index is 12.7. The first-order chi connectivity index (χ1) is 16.0. The standard InChI is InChI=1S/C26H21N3O4/c1-16(30)21-14-17-8-6-7-11-20(17)24(25(21)31)29-28-22-15-18(12-13-23(22)33-2)26(32)27-19-9-4-3-5-10-19/h3-15,31H,1-2H3,(H,27,32). The van der Waals surface area contributed by atoms with E-state index in [1.165, 1.54) is 14.0 Å². The van der Waals surface area contributed by atoms with Crippen molar-refractivity contribution in [1.29, 1.82) is 0 Å². The van der Waals surface area contributed by atoms with Crippen LogP contribution >= 0.6 is 0 Å². The number of azo groups is 1. The molecule has 0 saturated heterocycles. The average Bonchev–Trinajstić information content (AvgIpc) is 2.83. The van der Waals surface area contributed by atoms with Crippen LogP contribution in [-0.4, -0.2) is 23.9 Å². The van der Waals surface area contributed by atoms with Gasteiger partial charge in [0, 0.05) is 16.6 Å². The second kappa shape index (κ2) is 9.32. The van der Waals surface area contributed by atoms with Crippen molar-refractivity contribution < 1.29 is 19.4 Å². The van der Waals surface area contributed by atoms with E-state index in [4.69, 9.17) is 4.74 Å². The molecule has 0 aliphatic heterocycles. The number of rotatable bonds is 6. The lowest BCUT2D eigenvalue weighted by Gasteiger charge is -2.10. The highest BCUT2D eigenvalue weighted by Gasteiger charge is 2.16. The number of fused-ring (bicyclic) bond motifs is 1. The number of Topliss-reactive ketones (excluding diaryl/α,β-unsaturated/α-hetero) is 1. The van der Waals surface area contributed by atoms with Gasteiger partial charge in [0.2, 0.25) is 0 Å². The van der Waals surface area contributed by atoms with Gasteiger partial charge in [0.1, 0.15) is 17.1 Å². The molecular formula is C26H21N3O4. The Hall–Kier alpha value is -4.52. The fraction of sp³-hybridized carbons (Fsp3) is 0.0769. The number of anilines is 1. The number of aromatic hydroxyl groups is 1. The lowest BCUT2D eigenvalue weighted by Crippen LogP contribution is -2.11. The Morgan fingerprint density at radius 2 is 1.64 bits per heavy atom. The highest BCUT2D eigenvalue weighted by molar-refractivity contribution is 6.07. The van der Waals surface area contributed by atoms with E-state index in [1.807, 2.05) is 36.4 Å². The summed E-state index contributed by atoms with van der Waals surface area (Å²) in [5.41, 5.74) is 1.65. The average molecular weight is 439 g/mol. The summed E-state index contributed by atoms with van der Waals surface area (Å²) in [5.74, 6) is -0.442. The first-order valence-corrected chi connectivity index (χ1v) is 10.2. The molecule has 0 heterocycles. The number of carbonyl (C=O) groups excluding carboxylic acids is 2. The molecule has 0 bridgehead atoms. The number of phenols is 1. The third kappa shape index (κ3) is 4.57. The number of ketones is 1. The molecule has 7 heteroatoms. The van der Waals surface area contributed by atoms with Crippen LogP contribution in [0.4, 0.5) is 17.1 Å². The van der Waals surface area contributed by atoms with Gasteiger partial charge in [-0.15, -0.1) is 10.2 Å². The second-order valence-corrected chi connectivity index (χ2v) is 7.31. The predicted molar refractivity (Wildman–Crippen MR) is 127 cm³/mol. The number of nitrogens with one attached hydrogen (secondary N) is 1. The zero-order chi connectivity index (χ0) is 23.4. The molecule has 7 nitrogen and oxygen atoms in total. The number of hydrogen-bond donors (Lipinski definition) is 2. The molecule has 0 fully saturated rings. The van der Waals surface area contributed by atoms with E-state index >= 15 is 0 Å². The van der Waals surface area contributed by atoms with E-state index in [-0.39, 0.29) is 28.7 Å². The highest BCUT2D eigenvalue weighted by atomic mass is 16.5. The van der Waals surface area contributed by atoms with Gasteiger partial charge >= 0.3 is 0 Å². The lowest BCUT2D eigenvalue weighted by molar-refractivity contribution is 0.101. The Bertz CT molecular complexity index is 1380. The summed E-state index contributed by atoms with van der Waals surface area (Å²) in [7, 11) is 1.49. The Morgan fingerprint density at radius 1 is 0.909 bits per heavy atom. The molecule has 0 spiro atoms. The molecule has 164 valence electrons. The molecule has 0 unspecified atom stereocenters. The van der Waals surface area contributed by atoms with Crippen LogP contribution in [0, 0.1) is 0 Å². The van der Waals surface area contributed by atoms with Gasteiger partial charge in [0.15, 0.2) is 11.5 Å². The van der Waals surface area contributed by atoms with Gasteiger partial charge < -0.3 is 15.2 Å². The van der Waals surface area contributed by atoms with Gasteiger partial charge in [-0.25, -0.2) is 0 Å². The minimum Gasteiger partial charge on any atom is -0.505 e. The number of nitrogens with zero attached hydrogens (tertiary/aromatic N) is 2. The summed E-state index contributed by atoms with van der Waals surface area (Å²) in [4.78, 5) is 24.7. The second-order valence-electron chi connectivity index (χ2n) is 7.31. The Balaban J connectivity index is 1.74. The monoisotopic (exact) mass is 439 g/mol. The Labute approximate surface area is 190 Å². The minimum atomic E-state index is -0.313. The van der Waals surface area contributed by atoms with Gasteiger partial charge in [-0.3, -0.25) is 9.59 Å². The molecule has 4 rings (SSSR count). The first-order valence-electron chi connectivity index (χ1n) is 10.2. The first kappa shape index (κ1) is 21.7. The predicted octanol–water partition coefficient (Wildman–Crippen LogP) is 6.42. The van der Waals surface area contributed by atoms with Crippen LogP contribution in [0.5, 0.6) is 11.5 Å². The number of hydrogen-bond acceptors (Lipinski definition) is 6. The highest BCUT2D eigenvalue weighted by Crippen LogP contribution is 2.40. The quantitative estimate of drug-likeness (QED) is 0.267. The molecule has 0 aliphatic carbocycles. The van der Waals surface area contributed by atoms with Crippen LogP contribution in [0.1, 0.15) is 27.6 Å². The smallest absolute Gasteiger partial charge is 0.255 e. The maximum Gasteiger partial charge on any atom is 0.255 e. The molecule has 33 heavy (non-hydrogen) atoms. The molecule has 4 aromatic rings. The Morgan fingerprint density at radius 3 is 2.36 bits per heavy atom. The number of methoxy groups -OCH3 is 1. The van der Waals surface area contributed by atoms with Crippen molar-refractivity contribution in [2.24, 2.45) is 10.2 Å². The zero-order valence-corrected chi connectivity index (χ0v) is 18.1. The molecule has 4 aromatic carbocycles. The molecule has 0 atom stereocenters. The van der Waals surface area contributed by atoms with E-state index in [0.717, 1.165) is 5.39 Å². The molecule has 0 aliphatic rings. The summed E-state index contributed by atoms with van der Waals surface area (Å²) < 4.78 is 5.36. The van der Waals surface area contributed by atoms with Crippen molar-refractivity contribution in [2.75, 3.05) is 12.4 Å². The molecule has 2 N–H and O–H groups in total. The fourth-order valence-corrected chi connectivity index (χ4v) is 3.43. The third-order valence-electron chi connectivity index (χ3n) is 5.10. The number of ether oxygens (including phenoxy) is 1. The molecule has 0 radical (unpaired) electrons. The van der Waals surface area contributed by atoms with E-state index in [0.29, 0.717) is 28.1 Å². The number of benzene rings is 4. The van der Waals surface area contributed by atoms with Crippen LogP contribution in [-0.2, 0) is 0 Å². The van der Waals surface area contributed by atoms with Crippen molar-refractivity contribution in [1.82, 2.24) is 0 Å². The van der Waals surface area contributed by atoms with Gasteiger partial charge in [-0.05, 0) is 48.7 Å². The van der Waals surface area contributed by atoms with E-state index in [1.54, 1.807) is 42.5 Å². The van der Waals surface area contributed by atoms with Crippen LogP contribution in [0.15, 0.2) is 89.1 Å². The number of para-hydroxylation sites is 1. The van der Waals surface area contributed by atoms with Crippen molar-refractivity contribution in [3.05, 3.63) is 90.0 Å². The molecular weight excluding hydrogens is 418 g/mol. The normalized spacial score (nSPS) is 11.0. The number of carbonyl (C=O) groups is 2. The van der Waals surface area contributed by atoms with Crippen molar-refractivity contribution in [3.63, 3.8) is 0 Å².